The van der Waals surface area contributed by atoms with Gasteiger partial charge in [-0.05, 0) is 11.1 Å². The molecule has 0 aliphatic heterocycles. The maximum absolute atomic E-state index is 5.68. The number of aromatic nitrogens is 2. The Morgan fingerprint density at radius 3 is 2.15 bits per heavy atom. The van der Waals surface area contributed by atoms with Crippen molar-refractivity contribution in [1.82, 2.24) is 9.78 Å². The average Bonchev–Trinajstić information content (AvgIpc) is 2.95. The van der Waals surface area contributed by atoms with Gasteiger partial charge in [0, 0.05) is 12.3 Å². The van der Waals surface area contributed by atoms with Crippen molar-refractivity contribution in [2.75, 3.05) is 0 Å². The summed E-state index contributed by atoms with van der Waals surface area (Å²) in [6.07, 6.45) is 1.94. The fourth-order valence-corrected chi connectivity index (χ4v) is 2.01. The van der Waals surface area contributed by atoms with Crippen LogP contribution in [0.4, 0.5) is 0 Å². The second-order valence-corrected chi connectivity index (χ2v) is 4.61. The van der Waals surface area contributed by atoms with E-state index in [4.69, 9.17) is 4.74 Å². The third-order valence-corrected chi connectivity index (χ3v) is 3.03. The van der Waals surface area contributed by atoms with E-state index in [1.54, 1.807) is 0 Å². The Balaban J connectivity index is 1.60. The lowest BCUT2D eigenvalue weighted by Crippen LogP contribution is -2.01. The third kappa shape index (κ3) is 3.26. The molecule has 3 rings (SSSR count). The van der Waals surface area contributed by atoms with E-state index in [2.05, 4.69) is 17.2 Å². The molecule has 3 aromatic rings. The molecule has 1 aromatic heterocycles. The summed E-state index contributed by atoms with van der Waals surface area (Å²) < 4.78 is 7.56. The zero-order valence-corrected chi connectivity index (χ0v) is 11.1. The van der Waals surface area contributed by atoms with Crippen LogP contribution in [0, 0.1) is 0 Å². The Hall–Kier alpha value is -2.55. The molecule has 100 valence electrons. The van der Waals surface area contributed by atoms with Gasteiger partial charge in [-0.25, -0.2) is 0 Å². The van der Waals surface area contributed by atoms with E-state index in [1.807, 2.05) is 65.5 Å². The van der Waals surface area contributed by atoms with Crippen molar-refractivity contribution in [1.29, 1.82) is 0 Å². The van der Waals surface area contributed by atoms with Crippen molar-refractivity contribution in [3.63, 3.8) is 0 Å². The fraction of sp³-hybridized carbons (Fsp3) is 0.118. The van der Waals surface area contributed by atoms with Crippen molar-refractivity contribution < 1.29 is 4.74 Å². The summed E-state index contributed by atoms with van der Waals surface area (Å²) in [7, 11) is 0. The standard InChI is InChI=1S/C17H16N2O/c1-3-7-15(8-4-1)13-19-12-11-17(18-19)20-14-16-9-5-2-6-10-16/h1-12H,13-14H2. The van der Waals surface area contributed by atoms with Gasteiger partial charge in [0.1, 0.15) is 6.61 Å². The van der Waals surface area contributed by atoms with Crippen LogP contribution < -0.4 is 4.74 Å². The predicted octanol–water partition coefficient (Wildman–Crippen LogP) is 3.51. The minimum Gasteiger partial charge on any atom is -0.472 e. The maximum atomic E-state index is 5.68. The largest absolute Gasteiger partial charge is 0.472 e. The van der Waals surface area contributed by atoms with Gasteiger partial charge in [-0.15, -0.1) is 5.10 Å². The molecule has 0 amide bonds. The lowest BCUT2D eigenvalue weighted by molar-refractivity contribution is 0.290. The van der Waals surface area contributed by atoms with Gasteiger partial charge in [0.15, 0.2) is 0 Å². The second kappa shape index (κ2) is 6.06. The van der Waals surface area contributed by atoms with Crippen molar-refractivity contribution in [3.05, 3.63) is 84.1 Å². The maximum Gasteiger partial charge on any atom is 0.233 e. The fourth-order valence-electron chi connectivity index (χ4n) is 2.01. The Kier molecular flexibility index (Phi) is 3.78. The van der Waals surface area contributed by atoms with Crippen LogP contribution in [0.3, 0.4) is 0 Å². The van der Waals surface area contributed by atoms with Gasteiger partial charge in [-0.3, -0.25) is 4.68 Å². The number of hydrogen-bond acceptors (Lipinski definition) is 2. The molecule has 0 aliphatic carbocycles. The van der Waals surface area contributed by atoms with E-state index in [9.17, 15) is 0 Å². The monoisotopic (exact) mass is 264 g/mol. The van der Waals surface area contributed by atoms with Crippen LogP contribution in [0.2, 0.25) is 0 Å². The molecule has 0 unspecified atom stereocenters. The lowest BCUT2D eigenvalue weighted by Gasteiger charge is -2.03. The van der Waals surface area contributed by atoms with Crippen LogP contribution in [0.1, 0.15) is 11.1 Å². The summed E-state index contributed by atoms with van der Waals surface area (Å²) >= 11 is 0. The van der Waals surface area contributed by atoms with Crippen LogP contribution >= 0.6 is 0 Å². The zero-order chi connectivity index (χ0) is 13.6. The number of ether oxygens (including phenoxy) is 1. The van der Waals surface area contributed by atoms with Crippen LogP contribution in [0.25, 0.3) is 0 Å². The van der Waals surface area contributed by atoms with E-state index in [0.29, 0.717) is 12.5 Å². The second-order valence-electron chi connectivity index (χ2n) is 4.61. The summed E-state index contributed by atoms with van der Waals surface area (Å²) in [5.41, 5.74) is 2.37. The van der Waals surface area contributed by atoms with Crippen molar-refractivity contribution in [2.45, 2.75) is 13.2 Å². The zero-order valence-electron chi connectivity index (χ0n) is 11.1. The summed E-state index contributed by atoms with van der Waals surface area (Å²) in [6.45, 7) is 1.30. The molecule has 3 nitrogen and oxygen atoms in total. The molecule has 20 heavy (non-hydrogen) atoms. The predicted molar refractivity (Wildman–Crippen MR) is 78.5 cm³/mol. The molecule has 0 saturated heterocycles. The van der Waals surface area contributed by atoms with Gasteiger partial charge >= 0.3 is 0 Å². The average molecular weight is 264 g/mol. The van der Waals surface area contributed by atoms with E-state index in [0.717, 1.165) is 12.1 Å². The first-order valence-corrected chi connectivity index (χ1v) is 6.64. The van der Waals surface area contributed by atoms with Crippen LogP contribution in [0.15, 0.2) is 72.9 Å². The molecular weight excluding hydrogens is 248 g/mol. The summed E-state index contributed by atoms with van der Waals surface area (Å²) in [6, 6.07) is 22.3. The van der Waals surface area contributed by atoms with Crippen molar-refractivity contribution in [2.24, 2.45) is 0 Å². The van der Waals surface area contributed by atoms with Gasteiger partial charge in [-0.2, -0.15) is 0 Å². The smallest absolute Gasteiger partial charge is 0.233 e. The number of rotatable bonds is 5. The first-order valence-electron chi connectivity index (χ1n) is 6.64. The number of nitrogens with zero attached hydrogens (tertiary/aromatic N) is 2. The highest BCUT2D eigenvalue weighted by molar-refractivity contribution is 5.17. The normalized spacial score (nSPS) is 10.4. The molecule has 1 heterocycles. The Labute approximate surface area is 118 Å². The molecule has 2 aromatic carbocycles. The summed E-state index contributed by atoms with van der Waals surface area (Å²) in [4.78, 5) is 0. The molecule has 0 fully saturated rings. The summed E-state index contributed by atoms with van der Waals surface area (Å²) in [5, 5.41) is 4.42. The topological polar surface area (TPSA) is 27.1 Å². The highest BCUT2D eigenvalue weighted by Crippen LogP contribution is 2.10. The first kappa shape index (κ1) is 12.5. The molecule has 0 radical (unpaired) electrons. The number of hydrogen-bond donors (Lipinski definition) is 0. The van der Waals surface area contributed by atoms with Gasteiger partial charge < -0.3 is 4.74 Å². The van der Waals surface area contributed by atoms with Gasteiger partial charge in [0.05, 0.1) is 6.54 Å². The molecular formula is C17H16N2O. The molecule has 0 atom stereocenters. The van der Waals surface area contributed by atoms with E-state index in [-0.39, 0.29) is 0 Å². The molecule has 3 heteroatoms. The van der Waals surface area contributed by atoms with Gasteiger partial charge in [0.25, 0.3) is 0 Å². The van der Waals surface area contributed by atoms with E-state index < -0.39 is 0 Å². The summed E-state index contributed by atoms with van der Waals surface area (Å²) in [5.74, 6) is 0.657. The van der Waals surface area contributed by atoms with Crippen molar-refractivity contribution in [3.8, 4) is 5.88 Å². The molecule has 0 saturated carbocycles. The van der Waals surface area contributed by atoms with Crippen LogP contribution in [-0.2, 0) is 13.2 Å². The molecule has 0 aliphatic rings. The molecule has 0 spiro atoms. The van der Waals surface area contributed by atoms with Gasteiger partial charge in [0.2, 0.25) is 5.88 Å². The number of benzene rings is 2. The Morgan fingerprint density at radius 1 is 0.800 bits per heavy atom. The van der Waals surface area contributed by atoms with Crippen molar-refractivity contribution >= 4 is 0 Å². The minimum atomic E-state index is 0.545. The van der Waals surface area contributed by atoms with Crippen LogP contribution in [0.5, 0.6) is 5.88 Å². The highest BCUT2D eigenvalue weighted by Gasteiger charge is 2.01. The van der Waals surface area contributed by atoms with Crippen LogP contribution in [-0.4, -0.2) is 9.78 Å². The van der Waals surface area contributed by atoms with Gasteiger partial charge in [-0.1, -0.05) is 60.7 Å². The Bertz CT molecular complexity index is 647. The molecule has 0 N–H and O–H groups in total. The Morgan fingerprint density at radius 2 is 1.45 bits per heavy atom. The quantitative estimate of drug-likeness (QED) is 0.705. The highest BCUT2D eigenvalue weighted by atomic mass is 16.5. The lowest BCUT2D eigenvalue weighted by atomic mass is 10.2. The first-order chi connectivity index (χ1) is 9.90. The minimum absolute atomic E-state index is 0.545. The SMILES string of the molecule is c1ccc(COc2ccn(Cc3ccccc3)n2)cc1. The molecule has 0 bridgehead atoms. The van der Waals surface area contributed by atoms with E-state index in [1.165, 1.54) is 5.56 Å². The van der Waals surface area contributed by atoms with E-state index >= 15 is 0 Å². The third-order valence-electron chi connectivity index (χ3n) is 3.03.